The molecule has 1 heterocycles. The van der Waals surface area contributed by atoms with E-state index in [4.69, 9.17) is 25.8 Å². The van der Waals surface area contributed by atoms with Crippen molar-refractivity contribution in [1.82, 2.24) is 0 Å². The van der Waals surface area contributed by atoms with E-state index in [1.54, 1.807) is 24.3 Å². The molecule has 0 N–H and O–H groups in total. The van der Waals surface area contributed by atoms with Gasteiger partial charge in [0.2, 0.25) is 5.90 Å². The number of benzene rings is 3. The molecule has 1 aliphatic rings. The Morgan fingerprint density at radius 1 is 1.23 bits per heavy atom. The average Bonchev–Trinajstić information content (AvgIpc) is 3.18. The van der Waals surface area contributed by atoms with Gasteiger partial charge in [0.1, 0.15) is 12.4 Å². The van der Waals surface area contributed by atoms with Gasteiger partial charge in [-0.2, -0.15) is 0 Å². The van der Waals surface area contributed by atoms with Crippen molar-refractivity contribution in [3.63, 3.8) is 0 Å². The Morgan fingerprint density at radius 3 is 2.74 bits per heavy atom. The van der Waals surface area contributed by atoms with Crippen LogP contribution in [0.15, 0.2) is 69.8 Å². The molecule has 0 saturated carbocycles. The van der Waals surface area contributed by atoms with Crippen LogP contribution in [0.2, 0.25) is 5.02 Å². The van der Waals surface area contributed by atoms with Gasteiger partial charge >= 0.3 is 5.97 Å². The van der Waals surface area contributed by atoms with Gasteiger partial charge in [0, 0.05) is 12.1 Å². The van der Waals surface area contributed by atoms with Crippen molar-refractivity contribution in [2.75, 3.05) is 7.11 Å². The highest BCUT2D eigenvalue weighted by molar-refractivity contribution is 9.10. The molecule has 0 saturated heterocycles. The van der Waals surface area contributed by atoms with Crippen LogP contribution >= 0.6 is 27.5 Å². The molecule has 4 rings (SSSR count). The monoisotopic (exact) mass is 560 g/mol. The van der Waals surface area contributed by atoms with E-state index in [-0.39, 0.29) is 40.3 Å². The van der Waals surface area contributed by atoms with Gasteiger partial charge in [-0.05, 0) is 63.5 Å². The topological polar surface area (TPSA) is 100 Å². The smallest absolute Gasteiger partial charge is 0.363 e. The SMILES string of the molecule is COc1cc(/C=C2\N=C(c3cc([N+](=O)[O-])ccc3Cl)OC2=O)cc(Br)c1OCc1cccc(F)c1. The van der Waals surface area contributed by atoms with Crippen LogP contribution in [-0.2, 0) is 16.1 Å². The highest BCUT2D eigenvalue weighted by atomic mass is 79.9. The number of aliphatic imine (C=N–C) groups is 1. The molecule has 0 amide bonds. The summed E-state index contributed by atoms with van der Waals surface area (Å²) in [6.07, 6.45) is 1.46. The molecule has 178 valence electrons. The van der Waals surface area contributed by atoms with Gasteiger partial charge in [-0.1, -0.05) is 23.7 Å². The van der Waals surface area contributed by atoms with E-state index in [9.17, 15) is 19.3 Å². The third kappa shape index (κ3) is 5.50. The van der Waals surface area contributed by atoms with E-state index in [0.717, 1.165) is 0 Å². The largest absolute Gasteiger partial charge is 0.493 e. The van der Waals surface area contributed by atoms with Gasteiger partial charge in [0.05, 0.1) is 27.1 Å². The highest BCUT2D eigenvalue weighted by Crippen LogP contribution is 2.38. The standard InChI is InChI=1S/C24H15BrClFN2O6/c1-33-21-10-14(8-18(25)22(21)34-12-13-3-2-4-15(27)7-13)9-20-24(30)35-23(28-20)17-11-16(29(31)32)5-6-19(17)26/h2-11H,12H2,1H3/b20-9-. The molecule has 0 fully saturated rings. The number of rotatable bonds is 7. The lowest BCUT2D eigenvalue weighted by molar-refractivity contribution is -0.384. The second-order valence-corrected chi connectivity index (χ2v) is 8.47. The first-order valence-electron chi connectivity index (χ1n) is 9.97. The number of non-ortho nitro benzene ring substituents is 1. The molecule has 0 aromatic heterocycles. The number of nitro groups is 1. The molecule has 3 aromatic rings. The maximum atomic E-state index is 13.4. The zero-order chi connectivity index (χ0) is 25.1. The summed E-state index contributed by atoms with van der Waals surface area (Å²) in [6, 6.07) is 13.1. The fourth-order valence-electron chi connectivity index (χ4n) is 3.22. The molecule has 0 bridgehead atoms. The van der Waals surface area contributed by atoms with Crippen molar-refractivity contribution >= 4 is 51.2 Å². The summed E-state index contributed by atoms with van der Waals surface area (Å²) in [5.74, 6) is -0.505. The number of carbonyl (C=O) groups excluding carboxylic acids is 1. The van der Waals surface area contributed by atoms with Crippen LogP contribution in [0.1, 0.15) is 16.7 Å². The quantitative estimate of drug-likeness (QED) is 0.150. The molecule has 0 atom stereocenters. The lowest BCUT2D eigenvalue weighted by Gasteiger charge is -2.13. The maximum absolute atomic E-state index is 13.4. The van der Waals surface area contributed by atoms with Gasteiger partial charge in [0.15, 0.2) is 17.2 Å². The molecule has 0 spiro atoms. The second-order valence-electron chi connectivity index (χ2n) is 7.21. The van der Waals surface area contributed by atoms with Crippen molar-refractivity contribution in [1.29, 1.82) is 0 Å². The second kappa shape index (κ2) is 10.2. The zero-order valence-corrected chi connectivity index (χ0v) is 20.3. The molecular formula is C24H15BrClFN2O6. The van der Waals surface area contributed by atoms with Crippen LogP contribution in [-0.4, -0.2) is 23.9 Å². The number of carbonyl (C=O) groups is 1. The number of ether oxygens (including phenoxy) is 3. The number of cyclic esters (lactones) is 1. The van der Waals surface area contributed by atoms with Crippen LogP contribution in [0.4, 0.5) is 10.1 Å². The lowest BCUT2D eigenvalue weighted by atomic mass is 10.1. The zero-order valence-electron chi connectivity index (χ0n) is 18.0. The lowest BCUT2D eigenvalue weighted by Crippen LogP contribution is -2.06. The third-order valence-electron chi connectivity index (χ3n) is 4.84. The Hall–Kier alpha value is -3.76. The number of esters is 1. The van der Waals surface area contributed by atoms with Gasteiger partial charge in [0.25, 0.3) is 5.69 Å². The Labute approximate surface area is 211 Å². The average molecular weight is 562 g/mol. The van der Waals surface area contributed by atoms with E-state index in [1.165, 1.54) is 43.5 Å². The highest BCUT2D eigenvalue weighted by Gasteiger charge is 2.27. The Bertz CT molecular complexity index is 1410. The normalized spacial score (nSPS) is 14.0. The van der Waals surface area contributed by atoms with Crippen molar-refractivity contribution in [3.05, 3.63) is 102 Å². The fourth-order valence-corrected chi connectivity index (χ4v) is 3.99. The van der Waals surface area contributed by atoms with Crippen LogP contribution in [0.5, 0.6) is 11.5 Å². The minimum Gasteiger partial charge on any atom is -0.493 e. The molecule has 0 radical (unpaired) electrons. The third-order valence-corrected chi connectivity index (χ3v) is 5.76. The molecule has 0 unspecified atom stereocenters. The minimum absolute atomic E-state index is 0.0371. The van der Waals surface area contributed by atoms with E-state index in [1.807, 2.05) is 0 Å². The Balaban J connectivity index is 1.62. The molecule has 0 aliphatic carbocycles. The minimum atomic E-state index is -0.746. The van der Waals surface area contributed by atoms with Crippen molar-refractivity contribution in [2.24, 2.45) is 4.99 Å². The van der Waals surface area contributed by atoms with Gasteiger partial charge in [-0.25, -0.2) is 14.2 Å². The number of nitrogens with zero attached hydrogens (tertiary/aromatic N) is 2. The first-order chi connectivity index (χ1) is 16.7. The summed E-state index contributed by atoms with van der Waals surface area (Å²) in [5.41, 5.74) is 1.04. The van der Waals surface area contributed by atoms with Gasteiger partial charge < -0.3 is 14.2 Å². The summed E-state index contributed by atoms with van der Waals surface area (Å²) in [5, 5.41) is 11.2. The Kier molecular flexibility index (Phi) is 7.13. The van der Waals surface area contributed by atoms with Crippen molar-refractivity contribution in [3.8, 4) is 11.5 Å². The van der Waals surface area contributed by atoms with E-state index in [0.29, 0.717) is 27.1 Å². The van der Waals surface area contributed by atoms with Crippen molar-refractivity contribution in [2.45, 2.75) is 6.61 Å². The molecule has 35 heavy (non-hydrogen) atoms. The summed E-state index contributed by atoms with van der Waals surface area (Å²) < 4.78 is 30.4. The number of methoxy groups -OCH3 is 1. The fraction of sp³-hybridized carbons (Fsp3) is 0.0833. The molecule has 8 nitrogen and oxygen atoms in total. The predicted molar refractivity (Wildman–Crippen MR) is 130 cm³/mol. The molecular weight excluding hydrogens is 547 g/mol. The first-order valence-corrected chi connectivity index (χ1v) is 11.1. The summed E-state index contributed by atoms with van der Waals surface area (Å²) in [7, 11) is 1.46. The van der Waals surface area contributed by atoms with Crippen LogP contribution < -0.4 is 9.47 Å². The van der Waals surface area contributed by atoms with Crippen LogP contribution in [0.25, 0.3) is 6.08 Å². The maximum Gasteiger partial charge on any atom is 0.363 e. The summed E-state index contributed by atoms with van der Waals surface area (Å²) in [4.78, 5) is 27.1. The van der Waals surface area contributed by atoms with Crippen LogP contribution in [0, 0.1) is 15.9 Å². The number of hydrogen-bond acceptors (Lipinski definition) is 7. The summed E-state index contributed by atoms with van der Waals surface area (Å²) in [6.45, 7) is 0.108. The van der Waals surface area contributed by atoms with E-state index >= 15 is 0 Å². The first kappa shape index (κ1) is 24.4. The Morgan fingerprint density at radius 2 is 2.03 bits per heavy atom. The van der Waals surface area contributed by atoms with Gasteiger partial charge in [-0.15, -0.1) is 0 Å². The van der Waals surface area contributed by atoms with E-state index in [2.05, 4.69) is 20.9 Å². The summed E-state index contributed by atoms with van der Waals surface area (Å²) >= 11 is 9.55. The predicted octanol–water partition coefficient (Wildman–Crippen LogP) is 6.08. The number of halogens is 3. The van der Waals surface area contributed by atoms with Crippen molar-refractivity contribution < 1.29 is 28.3 Å². The number of hydrogen-bond donors (Lipinski definition) is 0. The molecule has 3 aromatic carbocycles. The number of nitro benzene ring substituents is 1. The van der Waals surface area contributed by atoms with Crippen LogP contribution in [0.3, 0.4) is 0 Å². The molecule has 1 aliphatic heterocycles. The molecule has 11 heteroatoms. The van der Waals surface area contributed by atoms with E-state index < -0.39 is 10.9 Å². The van der Waals surface area contributed by atoms with Gasteiger partial charge in [-0.3, -0.25) is 10.1 Å².